The van der Waals surface area contributed by atoms with Crippen LogP contribution >= 0.6 is 0 Å². The van der Waals surface area contributed by atoms with Gasteiger partial charge in [0.15, 0.2) is 5.96 Å². The maximum atomic E-state index is 10.4. The predicted molar refractivity (Wildman–Crippen MR) is 112 cm³/mol. The second-order valence-electron chi connectivity index (χ2n) is 5.64. The summed E-state index contributed by atoms with van der Waals surface area (Å²) in [6, 6.07) is 6.25. The first-order valence-corrected chi connectivity index (χ1v) is 8.81. The lowest BCUT2D eigenvalue weighted by atomic mass is 10.2. The van der Waals surface area contributed by atoms with E-state index in [-0.39, 0.29) is 5.96 Å². The molecule has 0 heterocycles. The monoisotopic (exact) mass is 452 g/mol. The van der Waals surface area contributed by atoms with Crippen molar-refractivity contribution in [2.24, 2.45) is 16.5 Å². The second-order valence-corrected chi connectivity index (χ2v) is 5.64. The second kappa shape index (κ2) is 11.5. The molecule has 2 aromatic carbocycles. The third kappa shape index (κ3) is 6.97. The van der Waals surface area contributed by atoms with E-state index < -0.39 is 37.6 Å². The number of phenolic OH excluding ortho intramolecular Hbond substituents is 1. The quantitative estimate of drug-likeness (QED) is 0.228. The SMILES string of the molecule is CCOc1ccc(OCC)c(N=C(N)N)c1.O=[N+]([O-])c1cc([N+](=O)[O-])c(O)c([N+](=O)[O-])c1. The minimum Gasteiger partial charge on any atom is -0.497 e. The lowest BCUT2D eigenvalue weighted by Crippen LogP contribution is -2.22. The minimum atomic E-state index is -1.21. The zero-order valence-electron chi connectivity index (χ0n) is 17.0. The number of non-ortho nitro benzene ring substituents is 1. The van der Waals surface area contributed by atoms with Gasteiger partial charge in [-0.25, -0.2) is 4.99 Å². The molecule has 2 aromatic rings. The number of nitrogens with zero attached hydrogens (tertiary/aromatic N) is 4. The molecule has 32 heavy (non-hydrogen) atoms. The van der Waals surface area contributed by atoms with Gasteiger partial charge in [0.25, 0.3) is 11.4 Å². The Balaban J connectivity index is 0.000000320. The fourth-order valence-electron chi connectivity index (χ4n) is 2.23. The molecule has 0 aliphatic rings. The van der Waals surface area contributed by atoms with Crippen LogP contribution < -0.4 is 20.9 Å². The highest BCUT2D eigenvalue weighted by molar-refractivity contribution is 5.80. The fourth-order valence-corrected chi connectivity index (χ4v) is 2.23. The summed E-state index contributed by atoms with van der Waals surface area (Å²) >= 11 is 0. The summed E-state index contributed by atoms with van der Waals surface area (Å²) in [7, 11) is 0. The molecule has 0 unspecified atom stereocenters. The minimum absolute atomic E-state index is 0.00500. The van der Waals surface area contributed by atoms with Crippen LogP contribution in [-0.4, -0.2) is 39.0 Å². The molecule has 172 valence electrons. The molecule has 0 amide bonds. The summed E-state index contributed by atoms with van der Waals surface area (Å²) in [6.07, 6.45) is 0. The van der Waals surface area contributed by atoms with Crippen LogP contribution in [-0.2, 0) is 0 Å². The highest BCUT2D eigenvalue weighted by Gasteiger charge is 2.30. The predicted octanol–water partition coefficient (Wildman–Crippen LogP) is 2.51. The molecule has 0 saturated carbocycles. The van der Waals surface area contributed by atoms with Crippen LogP contribution in [0.5, 0.6) is 17.2 Å². The van der Waals surface area contributed by atoms with Gasteiger partial charge < -0.3 is 26.0 Å². The Bertz CT molecular complexity index is 1000. The number of aromatic hydroxyl groups is 1. The number of rotatable bonds is 8. The molecule has 15 heteroatoms. The van der Waals surface area contributed by atoms with Gasteiger partial charge in [-0.15, -0.1) is 0 Å². The van der Waals surface area contributed by atoms with E-state index in [0.29, 0.717) is 42.5 Å². The molecular formula is C17H20N6O9. The molecule has 0 bridgehead atoms. The molecule has 0 spiro atoms. The Morgan fingerprint density at radius 3 is 1.88 bits per heavy atom. The van der Waals surface area contributed by atoms with Crippen LogP contribution in [0.15, 0.2) is 35.3 Å². The molecule has 0 saturated heterocycles. The molecule has 5 N–H and O–H groups in total. The van der Waals surface area contributed by atoms with Crippen molar-refractivity contribution in [3.63, 3.8) is 0 Å². The number of nitrogens with two attached hydrogens (primary N) is 2. The molecule has 0 aliphatic carbocycles. The highest BCUT2D eigenvalue weighted by atomic mass is 16.6. The number of guanidine groups is 1. The van der Waals surface area contributed by atoms with Crippen LogP contribution in [0.25, 0.3) is 0 Å². The number of ether oxygens (including phenoxy) is 2. The van der Waals surface area contributed by atoms with Gasteiger partial charge in [-0.2, -0.15) is 0 Å². The van der Waals surface area contributed by atoms with Gasteiger partial charge in [-0.05, 0) is 26.0 Å². The van der Waals surface area contributed by atoms with E-state index in [1.54, 1.807) is 12.1 Å². The average Bonchev–Trinajstić information content (AvgIpc) is 2.70. The Hall–Kier alpha value is -4.69. The first-order chi connectivity index (χ1) is 15.0. The van der Waals surface area contributed by atoms with E-state index >= 15 is 0 Å². The first-order valence-electron chi connectivity index (χ1n) is 8.81. The summed E-state index contributed by atoms with van der Waals surface area (Å²) in [5.41, 5.74) is 8.26. The number of benzene rings is 2. The van der Waals surface area contributed by atoms with Crippen molar-refractivity contribution in [1.82, 2.24) is 0 Å². The third-order valence-electron chi connectivity index (χ3n) is 3.45. The number of hydrogen-bond donors (Lipinski definition) is 3. The maximum Gasteiger partial charge on any atom is 0.324 e. The Kier molecular flexibility index (Phi) is 9.10. The standard InChI is InChI=1S/C11H17N3O2.C6H3N3O7/c1-3-15-8-5-6-10(16-4-2)9(7-8)14-11(12)13;10-6-4(8(13)14)1-3(7(11)12)2-5(6)9(15)16/h5-7H,3-4H2,1-2H3,(H4,12,13,14);1-2,10H. The van der Waals surface area contributed by atoms with Crippen molar-refractivity contribution in [3.8, 4) is 17.2 Å². The van der Waals surface area contributed by atoms with E-state index in [2.05, 4.69) is 4.99 Å². The molecule has 15 nitrogen and oxygen atoms in total. The van der Waals surface area contributed by atoms with E-state index in [9.17, 15) is 30.3 Å². The van der Waals surface area contributed by atoms with Gasteiger partial charge in [0.2, 0.25) is 0 Å². The number of hydrogen-bond acceptors (Lipinski definition) is 10. The first kappa shape index (κ1) is 25.3. The van der Waals surface area contributed by atoms with Crippen molar-refractivity contribution in [2.45, 2.75) is 13.8 Å². The van der Waals surface area contributed by atoms with E-state index in [0.717, 1.165) is 0 Å². The summed E-state index contributed by atoms with van der Waals surface area (Å²) in [5.74, 6) is 0.139. The van der Waals surface area contributed by atoms with Crippen LogP contribution in [0, 0.1) is 30.3 Å². The maximum absolute atomic E-state index is 10.4. The van der Waals surface area contributed by atoms with Gasteiger partial charge >= 0.3 is 11.4 Å². The van der Waals surface area contributed by atoms with Gasteiger partial charge in [-0.1, -0.05) is 0 Å². The molecule has 0 aromatic heterocycles. The van der Waals surface area contributed by atoms with Crippen LogP contribution in [0.1, 0.15) is 13.8 Å². The van der Waals surface area contributed by atoms with Crippen LogP contribution in [0.4, 0.5) is 22.7 Å². The number of phenols is 1. The number of aliphatic imine (C=N–C) groups is 1. The molecule has 0 radical (unpaired) electrons. The Morgan fingerprint density at radius 2 is 1.47 bits per heavy atom. The lowest BCUT2D eigenvalue weighted by molar-refractivity contribution is -0.404. The molecule has 0 atom stereocenters. The number of nitro benzene ring substituents is 3. The van der Waals surface area contributed by atoms with Crippen LogP contribution in [0.3, 0.4) is 0 Å². The Labute approximate surface area is 180 Å². The molecule has 0 fully saturated rings. The van der Waals surface area contributed by atoms with E-state index in [1.165, 1.54) is 0 Å². The summed E-state index contributed by atoms with van der Waals surface area (Å²) in [4.78, 5) is 31.8. The fraction of sp³-hybridized carbons (Fsp3) is 0.235. The van der Waals surface area contributed by atoms with Crippen molar-refractivity contribution in [2.75, 3.05) is 13.2 Å². The lowest BCUT2D eigenvalue weighted by Gasteiger charge is -2.09. The van der Waals surface area contributed by atoms with E-state index in [4.69, 9.17) is 26.0 Å². The smallest absolute Gasteiger partial charge is 0.324 e. The topological polar surface area (TPSA) is 233 Å². The summed E-state index contributed by atoms with van der Waals surface area (Å²) in [6.45, 7) is 4.96. The third-order valence-corrected chi connectivity index (χ3v) is 3.45. The van der Waals surface area contributed by atoms with Gasteiger partial charge in [-0.3, -0.25) is 30.3 Å². The zero-order chi connectivity index (χ0) is 24.4. The van der Waals surface area contributed by atoms with Crippen molar-refractivity contribution in [1.29, 1.82) is 0 Å². The molecule has 0 aliphatic heterocycles. The summed E-state index contributed by atoms with van der Waals surface area (Å²) < 4.78 is 10.8. The molecular weight excluding hydrogens is 432 g/mol. The Morgan fingerprint density at radius 1 is 0.938 bits per heavy atom. The zero-order valence-corrected chi connectivity index (χ0v) is 17.0. The largest absolute Gasteiger partial charge is 0.497 e. The van der Waals surface area contributed by atoms with E-state index in [1.807, 2.05) is 19.9 Å². The average molecular weight is 452 g/mol. The molecule has 2 rings (SSSR count). The summed E-state index contributed by atoms with van der Waals surface area (Å²) in [5, 5.41) is 40.2. The van der Waals surface area contributed by atoms with Crippen molar-refractivity contribution >= 4 is 28.7 Å². The van der Waals surface area contributed by atoms with Gasteiger partial charge in [0, 0.05) is 6.07 Å². The normalized spacial score (nSPS) is 9.69. The van der Waals surface area contributed by atoms with Crippen LogP contribution in [0.2, 0.25) is 0 Å². The highest BCUT2D eigenvalue weighted by Crippen LogP contribution is 2.39. The van der Waals surface area contributed by atoms with Gasteiger partial charge in [0.05, 0.1) is 40.1 Å². The number of nitro groups is 3. The van der Waals surface area contributed by atoms with Gasteiger partial charge in [0.1, 0.15) is 17.2 Å². The van der Waals surface area contributed by atoms with Crippen molar-refractivity contribution in [3.05, 3.63) is 60.7 Å². The van der Waals surface area contributed by atoms with Crippen molar-refractivity contribution < 1.29 is 29.4 Å².